The van der Waals surface area contributed by atoms with Gasteiger partial charge in [-0.15, -0.1) is 0 Å². The van der Waals surface area contributed by atoms with E-state index in [0.29, 0.717) is 12.3 Å². The SMILES string of the molecule is CC(C)(C)CCc1ccc([C@@]23COC(C)(C)C2=CN(c2ccc(C(=O)O)cc2)C(=O)C3)cc1Cl. The molecule has 0 bridgehead atoms. The molecule has 2 heterocycles. The Balaban J connectivity index is 1.72. The first-order valence-electron chi connectivity index (χ1n) is 11.6. The standard InChI is InChI=1S/C28H32ClNO4/c1-26(2,3)13-12-18-6-9-20(14-22(18)29)28-15-24(31)30(16-23(28)27(4,5)34-17-28)21-10-7-19(8-11-21)25(32)33/h6-11,14,16H,12-13,15,17H2,1-5H3,(H,32,33)/t28-/m1/s1. The van der Waals surface area contributed by atoms with Crippen LogP contribution in [0.1, 0.15) is 68.9 Å². The second kappa shape index (κ2) is 8.54. The number of hydrogen-bond donors (Lipinski definition) is 1. The number of carboxylic acids is 1. The lowest BCUT2D eigenvalue weighted by atomic mass is 9.68. The molecule has 0 aliphatic carbocycles. The van der Waals surface area contributed by atoms with E-state index in [-0.39, 0.29) is 23.3 Å². The molecule has 1 fully saturated rings. The van der Waals surface area contributed by atoms with Crippen LogP contribution >= 0.6 is 11.6 Å². The Morgan fingerprint density at radius 3 is 2.41 bits per heavy atom. The van der Waals surface area contributed by atoms with Crippen LogP contribution in [0.25, 0.3) is 0 Å². The molecule has 180 valence electrons. The minimum absolute atomic E-state index is 0.0685. The minimum Gasteiger partial charge on any atom is -0.478 e. The predicted molar refractivity (Wildman–Crippen MR) is 135 cm³/mol. The van der Waals surface area contributed by atoms with E-state index in [9.17, 15) is 14.7 Å². The average molecular weight is 482 g/mol. The van der Waals surface area contributed by atoms with Crippen molar-refractivity contribution >= 4 is 29.2 Å². The van der Waals surface area contributed by atoms with Gasteiger partial charge in [0.15, 0.2) is 0 Å². The molecule has 34 heavy (non-hydrogen) atoms. The number of rotatable bonds is 5. The molecule has 2 aromatic rings. The van der Waals surface area contributed by atoms with E-state index in [1.54, 1.807) is 17.0 Å². The number of ether oxygens (including phenoxy) is 1. The number of anilines is 1. The summed E-state index contributed by atoms with van der Waals surface area (Å²) in [5.74, 6) is -1.07. The quantitative estimate of drug-likeness (QED) is 0.537. The first-order chi connectivity index (χ1) is 15.8. The van der Waals surface area contributed by atoms with Crippen LogP contribution in [0.15, 0.2) is 54.2 Å². The number of aromatic carboxylic acids is 1. The molecule has 1 N–H and O–H groups in total. The zero-order valence-electron chi connectivity index (χ0n) is 20.4. The zero-order valence-corrected chi connectivity index (χ0v) is 21.2. The molecule has 0 unspecified atom stereocenters. The summed E-state index contributed by atoms with van der Waals surface area (Å²) in [6, 6.07) is 12.5. The highest BCUT2D eigenvalue weighted by atomic mass is 35.5. The maximum atomic E-state index is 13.4. The lowest BCUT2D eigenvalue weighted by molar-refractivity contribution is -0.119. The van der Waals surface area contributed by atoms with Crippen LogP contribution in [-0.4, -0.2) is 29.2 Å². The van der Waals surface area contributed by atoms with Crippen molar-refractivity contribution in [2.45, 2.75) is 64.9 Å². The average Bonchev–Trinajstić information content (AvgIpc) is 3.02. The third-order valence-corrected chi connectivity index (χ3v) is 7.32. The van der Waals surface area contributed by atoms with Gasteiger partial charge in [0.2, 0.25) is 5.91 Å². The van der Waals surface area contributed by atoms with Crippen molar-refractivity contribution in [3.63, 3.8) is 0 Å². The molecule has 0 radical (unpaired) electrons. The number of aryl methyl sites for hydroxylation is 1. The Morgan fingerprint density at radius 2 is 1.82 bits per heavy atom. The number of benzene rings is 2. The van der Waals surface area contributed by atoms with Crippen molar-refractivity contribution in [1.82, 2.24) is 0 Å². The van der Waals surface area contributed by atoms with Gasteiger partial charge in [0.1, 0.15) is 0 Å². The fraction of sp³-hybridized carbons (Fsp3) is 0.429. The smallest absolute Gasteiger partial charge is 0.335 e. The van der Waals surface area contributed by atoms with Gasteiger partial charge in [0.25, 0.3) is 0 Å². The lowest BCUT2D eigenvalue weighted by Crippen LogP contribution is -2.44. The summed E-state index contributed by atoms with van der Waals surface area (Å²) >= 11 is 6.73. The maximum absolute atomic E-state index is 13.4. The Bertz CT molecular complexity index is 1160. The van der Waals surface area contributed by atoms with Gasteiger partial charge < -0.3 is 9.84 Å². The fourth-order valence-corrected chi connectivity index (χ4v) is 5.16. The number of carboxylic acid groups (broad SMARTS) is 1. The summed E-state index contributed by atoms with van der Waals surface area (Å²) < 4.78 is 6.22. The highest BCUT2D eigenvalue weighted by Gasteiger charge is 2.54. The molecule has 0 saturated carbocycles. The normalized spacial score (nSPS) is 21.9. The van der Waals surface area contributed by atoms with Crippen molar-refractivity contribution in [1.29, 1.82) is 0 Å². The van der Waals surface area contributed by atoms with E-state index in [0.717, 1.165) is 34.6 Å². The van der Waals surface area contributed by atoms with E-state index in [4.69, 9.17) is 16.3 Å². The number of amides is 1. The molecule has 1 atom stereocenters. The topological polar surface area (TPSA) is 66.8 Å². The van der Waals surface area contributed by atoms with E-state index >= 15 is 0 Å². The van der Waals surface area contributed by atoms with E-state index < -0.39 is 17.0 Å². The van der Waals surface area contributed by atoms with Crippen LogP contribution in [0, 0.1) is 5.41 Å². The number of hydrogen-bond acceptors (Lipinski definition) is 3. The number of carbonyl (C=O) groups is 2. The number of halogens is 1. The molecular formula is C28H32ClNO4. The summed E-state index contributed by atoms with van der Waals surface area (Å²) in [5.41, 5.74) is 3.02. The van der Waals surface area contributed by atoms with Crippen LogP contribution in [0.2, 0.25) is 5.02 Å². The van der Waals surface area contributed by atoms with Gasteiger partial charge in [0, 0.05) is 23.3 Å². The van der Waals surface area contributed by atoms with E-state index in [1.807, 2.05) is 26.1 Å². The molecule has 2 aliphatic rings. The summed E-state index contributed by atoms with van der Waals surface area (Å²) in [7, 11) is 0. The molecule has 1 amide bonds. The zero-order chi connectivity index (χ0) is 24.9. The van der Waals surface area contributed by atoms with Crippen molar-refractivity contribution in [2.75, 3.05) is 11.5 Å². The van der Waals surface area contributed by atoms with Crippen LogP contribution in [-0.2, 0) is 21.4 Å². The van der Waals surface area contributed by atoms with Gasteiger partial charge in [-0.3, -0.25) is 9.69 Å². The summed E-state index contributed by atoms with van der Waals surface area (Å²) in [4.78, 5) is 26.2. The lowest BCUT2D eigenvalue weighted by Gasteiger charge is -2.39. The molecule has 5 nitrogen and oxygen atoms in total. The van der Waals surface area contributed by atoms with E-state index in [1.165, 1.54) is 12.1 Å². The van der Waals surface area contributed by atoms with Crippen LogP contribution in [0.3, 0.4) is 0 Å². The second-order valence-corrected chi connectivity index (χ2v) is 11.5. The molecule has 2 aliphatic heterocycles. The van der Waals surface area contributed by atoms with E-state index in [2.05, 4.69) is 32.9 Å². The highest BCUT2D eigenvalue weighted by Crippen LogP contribution is 2.52. The molecule has 0 aromatic heterocycles. The number of fused-ring (bicyclic) bond motifs is 1. The molecular weight excluding hydrogens is 450 g/mol. The van der Waals surface area contributed by atoms with Crippen molar-refractivity contribution in [2.24, 2.45) is 5.41 Å². The Morgan fingerprint density at radius 1 is 1.15 bits per heavy atom. The Hall–Kier alpha value is -2.63. The highest BCUT2D eigenvalue weighted by molar-refractivity contribution is 6.31. The van der Waals surface area contributed by atoms with Gasteiger partial charge in [-0.2, -0.15) is 0 Å². The summed E-state index contributed by atoms with van der Waals surface area (Å²) in [6.07, 6.45) is 4.06. The second-order valence-electron chi connectivity index (χ2n) is 11.1. The minimum atomic E-state index is -0.998. The van der Waals surface area contributed by atoms with Crippen LogP contribution in [0.5, 0.6) is 0 Å². The first-order valence-corrected chi connectivity index (χ1v) is 12.0. The Kier molecular flexibility index (Phi) is 6.16. The first kappa shape index (κ1) is 24.5. The van der Waals surface area contributed by atoms with Gasteiger partial charge in [-0.25, -0.2) is 4.79 Å². The molecule has 1 saturated heterocycles. The van der Waals surface area contributed by atoms with Crippen LogP contribution in [0.4, 0.5) is 5.69 Å². The fourth-order valence-electron chi connectivity index (χ4n) is 4.89. The predicted octanol–water partition coefficient (Wildman–Crippen LogP) is 6.38. The third kappa shape index (κ3) is 4.51. The summed E-state index contributed by atoms with van der Waals surface area (Å²) in [6.45, 7) is 11.1. The largest absolute Gasteiger partial charge is 0.478 e. The number of nitrogens with zero attached hydrogens (tertiary/aromatic N) is 1. The van der Waals surface area contributed by atoms with Crippen molar-refractivity contribution in [3.05, 3.63) is 76.0 Å². The van der Waals surface area contributed by atoms with Crippen molar-refractivity contribution in [3.8, 4) is 0 Å². The number of carbonyl (C=O) groups excluding carboxylic acids is 1. The molecule has 2 aromatic carbocycles. The van der Waals surface area contributed by atoms with Crippen LogP contribution < -0.4 is 4.90 Å². The molecule has 6 heteroatoms. The maximum Gasteiger partial charge on any atom is 0.335 e. The molecule has 4 rings (SSSR count). The van der Waals surface area contributed by atoms with Gasteiger partial charge in [0.05, 0.1) is 23.2 Å². The van der Waals surface area contributed by atoms with Gasteiger partial charge >= 0.3 is 5.97 Å². The summed E-state index contributed by atoms with van der Waals surface area (Å²) in [5, 5.41) is 9.91. The third-order valence-electron chi connectivity index (χ3n) is 6.97. The molecule has 0 spiro atoms. The van der Waals surface area contributed by atoms with Gasteiger partial charge in [-0.1, -0.05) is 44.5 Å². The monoisotopic (exact) mass is 481 g/mol. The van der Waals surface area contributed by atoms with Crippen molar-refractivity contribution < 1.29 is 19.4 Å². The Labute approximate surface area is 206 Å². The van der Waals surface area contributed by atoms with Gasteiger partial charge in [-0.05, 0) is 79.1 Å².